The van der Waals surface area contributed by atoms with E-state index in [1.807, 2.05) is 6.92 Å². The summed E-state index contributed by atoms with van der Waals surface area (Å²) in [6.45, 7) is 9.42. The summed E-state index contributed by atoms with van der Waals surface area (Å²) in [7, 11) is 1.35. The van der Waals surface area contributed by atoms with Crippen LogP contribution in [0.4, 0.5) is 4.79 Å². The minimum Gasteiger partial charge on any atom is -0.469 e. The van der Waals surface area contributed by atoms with E-state index in [1.165, 1.54) is 7.11 Å². The van der Waals surface area contributed by atoms with Crippen molar-refractivity contribution in [2.45, 2.75) is 40.2 Å². The Labute approximate surface area is 103 Å². The van der Waals surface area contributed by atoms with Gasteiger partial charge in [-0.25, -0.2) is 4.79 Å². The molecule has 0 saturated carbocycles. The Balaban J connectivity index is 4.04. The summed E-state index contributed by atoms with van der Waals surface area (Å²) in [4.78, 5) is 22.6. The third-order valence-corrected chi connectivity index (χ3v) is 2.39. The van der Waals surface area contributed by atoms with Gasteiger partial charge in [-0.1, -0.05) is 13.8 Å². The van der Waals surface area contributed by atoms with Gasteiger partial charge in [-0.3, -0.25) is 4.79 Å². The molecule has 0 aliphatic heterocycles. The molecule has 0 aromatic heterocycles. The molecule has 0 aromatic carbocycles. The first-order valence-electron chi connectivity index (χ1n) is 5.72. The lowest BCUT2D eigenvalue weighted by Gasteiger charge is -2.22. The van der Waals surface area contributed by atoms with Gasteiger partial charge in [0.25, 0.3) is 0 Å². The van der Waals surface area contributed by atoms with Crippen LogP contribution in [0.2, 0.25) is 0 Å². The van der Waals surface area contributed by atoms with Gasteiger partial charge in [0.1, 0.15) is 5.60 Å². The zero-order chi connectivity index (χ0) is 13.6. The zero-order valence-corrected chi connectivity index (χ0v) is 11.5. The summed E-state index contributed by atoms with van der Waals surface area (Å²) in [5.74, 6) is -0.534. The third kappa shape index (κ3) is 6.81. The van der Waals surface area contributed by atoms with Crippen molar-refractivity contribution < 1.29 is 19.1 Å². The largest absolute Gasteiger partial charge is 0.469 e. The maximum Gasteiger partial charge on any atom is 0.407 e. The van der Waals surface area contributed by atoms with Gasteiger partial charge in [-0.15, -0.1) is 0 Å². The summed E-state index contributed by atoms with van der Waals surface area (Å²) < 4.78 is 9.73. The first-order chi connectivity index (χ1) is 7.67. The molecule has 17 heavy (non-hydrogen) atoms. The second-order valence-electron chi connectivity index (χ2n) is 5.17. The fraction of sp³-hybridized carbons (Fsp3) is 0.833. The van der Waals surface area contributed by atoms with Crippen molar-refractivity contribution in [3.8, 4) is 0 Å². The van der Waals surface area contributed by atoms with E-state index in [0.29, 0.717) is 6.54 Å². The number of methoxy groups -OCH3 is 1. The van der Waals surface area contributed by atoms with Crippen LogP contribution in [0.25, 0.3) is 0 Å². The number of esters is 1. The van der Waals surface area contributed by atoms with Crippen LogP contribution in [0.5, 0.6) is 0 Å². The highest BCUT2D eigenvalue weighted by molar-refractivity contribution is 5.72. The van der Waals surface area contributed by atoms with Crippen LogP contribution in [-0.4, -0.2) is 31.3 Å². The SMILES string of the molecule is COC(=O)C(C)C(C)CNC(=O)OC(C)(C)C. The highest BCUT2D eigenvalue weighted by Crippen LogP contribution is 2.12. The number of hydrogen-bond donors (Lipinski definition) is 1. The predicted octanol–water partition coefficient (Wildman–Crippen LogP) is 1.96. The number of carbonyl (C=O) groups is 2. The van der Waals surface area contributed by atoms with E-state index >= 15 is 0 Å². The van der Waals surface area contributed by atoms with Crippen LogP contribution in [-0.2, 0) is 14.3 Å². The second kappa shape index (κ2) is 6.47. The Hall–Kier alpha value is -1.26. The van der Waals surface area contributed by atoms with Gasteiger partial charge in [0.05, 0.1) is 13.0 Å². The molecule has 0 fully saturated rings. The quantitative estimate of drug-likeness (QED) is 0.769. The molecule has 0 aliphatic rings. The molecule has 1 N–H and O–H groups in total. The Morgan fingerprint density at radius 1 is 1.24 bits per heavy atom. The van der Waals surface area contributed by atoms with Crippen molar-refractivity contribution in [3.63, 3.8) is 0 Å². The monoisotopic (exact) mass is 245 g/mol. The van der Waals surface area contributed by atoms with E-state index in [-0.39, 0.29) is 17.8 Å². The van der Waals surface area contributed by atoms with Crippen molar-refractivity contribution in [1.29, 1.82) is 0 Å². The van der Waals surface area contributed by atoms with E-state index in [0.717, 1.165) is 0 Å². The average molecular weight is 245 g/mol. The molecule has 0 bridgehead atoms. The molecule has 0 rings (SSSR count). The maximum atomic E-state index is 11.4. The highest BCUT2D eigenvalue weighted by Gasteiger charge is 2.22. The third-order valence-electron chi connectivity index (χ3n) is 2.39. The normalized spacial score (nSPS) is 14.7. The summed E-state index contributed by atoms with van der Waals surface area (Å²) in [6, 6.07) is 0. The van der Waals surface area contributed by atoms with Crippen molar-refractivity contribution in [2.24, 2.45) is 11.8 Å². The Kier molecular flexibility index (Phi) is 5.99. The molecule has 0 aliphatic carbocycles. The smallest absolute Gasteiger partial charge is 0.407 e. The van der Waals surface area contributed by atoms with Gasteiger partial charge in [0.15, 0.2) is 0 Å². The first-order valence-corrected chi connectivity index (χ1v) is 5.72. The molecule has 0 spiro atoms. The van der Waals surface area contributed by atoms with Crippen molar-refractivity contribution >= 4 is 12.1 Å². The van der Waals surface area contributed by atoms with Crippen LogP contribution >= 0.6 is 0 Å². The summed E-state index contributed by atoms with van der Waals surface area (Å²) in [5.41, 5.74) is -0.513. The molecule has 5 nitrogen and oxygen atoms in total. The fourth-order valence-electron chi connectivity index (χ4n) is 1.15. The molecule has 0 saturated heterocycles. The van der Waals surface area contributed by atoms with Crippen molar-refractivity contribution in [1.82, 2.24) is 5.32 Å². The van der Waals surface area contributed by atoms with E-state index in [9.17, 15) is 9.59 Å². The molecule has 100 valence electrons. The molecule has 0 aromatic rings. The van der Waals surface area contributed by atoms with Crippen LogP contribution in [0.1, 0.15) is 34.6 Å². The van der Waals surface area contributed by atoms with Crippen molar-refractivity contribution in [2.75, 3.05) is 13.7 Å². The Morgan fingerprint density at radius 2 is 1.76 bits per heavy atom. The number of amides is 1. The standard InChI is InChI=1S/C12H23NO4/c1-8(9(2)10(14)16-6)7-13-11(15)17-12(3,4)5/h8-9H,7H2,1-6H3,(H,13,15). The average Bonchev–Trinajstić information content (AvgIpc) is 2.21. The number of alkyl carbamates (subject to hydrolysis) is 1. The van der Waals surface area contributed by atoms with Crippen LogP contribution in [0.15, 0.2) is 0 Å². The van der Waals surface area contributed by atoms with Gasteiger partial charge < -0.3 is 14.8 Å². The number of rotatable bonds is 4. The van der Waals surface area contributed by atoms with Gasteiger partial charge >= 0.3 is 12.1 Å². The fourth-order valence-corrected chi connectivity index (χ4v) is 1.15. The number of ether oxygens (including phenoxy) is 2. The Morgan fingerprint density at radius 3 is 2.18 bits per heavy atom. The summed E-state index contributed by atoms with van der Waals surface area (Å²) in [6.07, 6.45) is -0.471. The van der Waals surface area contributed by atoms with Crippen LogP contribution in [0.3, 0.4) is 0 Å². The number of hydrogen-bond acceptors (Lipinski definition) is 4. The molecule has 0 radical (unpaired) electrons. The van der Waals surface area contributed by atoms with Gasteiger partial charge in [-0.2, -0.15) is 0 Å². The van der Waals surface area contributed by atoms with Gasteiger partial charge in [0.2, 0.25) is 0 Å². The molecule has 5 heteroatoms. The van der Waals surface area contributed by atoms with E-state index < -0.39 is 11.7 Å². The van der Waals surface area contributed by atoms with Gasteiger partial charge in [0, 0.05) is 6.54 Å². The molecular weight excluding hydrogens is 222 g/mol. The molecule has 1 amide bonds. The van der Waals surface area contributed by atoms with Crippen LogP contribution < -0.4 is 5.32 Å². The lowest BCUT2D eigenvalue weighted by molar-refractivity contribution is -0.146. The zero-order valence-electron chi connectivity index (χ0n) is 11.5. The van der Waals surface area contributed by atoms with Gasteiger partial charge in [-0.05, 0) is 26.7 Å². The lowest BCUT2D eigenvalue weighted by Crippen LogP contribution is -2.37. The molecule has 2 atom stereocenters. The molecular formula is C12H23NO4. The maximum absolute atomic E-state index is 11.4. The van der Waals surface area contributed by atoms with E-state index in [1.54, 1.807) is 27.7 Å². The summed E-state index contributed by atoms with van der Waals surface area (Å²) >= 11 is 0. The molecule has 2 unspecified atom stereocenters. The first kappa shape index (κ1) is 15.7. The Bertz CT molecular complexity index is 270. The lowest BCUT2D eigenvalue weighted by atomic mass is 9.96. The van der Waals surface area contributed by atoms with Crippen LogP contribution in [0, 0.1) is 11.8 Å². The minimum atomic E-state index is -0.513. The second-order valence-corrected chi connectivity index (χ2v) is 5.17. The van der Waals surface area contributed by atoms with E-state index in [4.69, 9.17) is 4.74 Å². The minimum absolute atomic E-state index is 0.00466. The highest BCUT2D eigenvalue weighted by atomic mass is 16.6. The molecule has 0 heterocycles. The topological polar surface area (TPSA) is 64.6 Å². The summed E-state index contributed by atoms with van der Waals surface area (Å²) in [5, 5.41) is 2.63. The van der Waals surface area contributed by atoms with Crippen molar-refractivity contribution in [3.05, 3.63) is 0 Å². The number of nitrogens with one attached hydrogen (secondary N) is 1. The predicted molar refractivity (Wildman–Crippen MR) is 64.6 cm³/mol. The number of carbonyl (C=O) groups excluding carboxylic acids is 2. The van der Waals surface area contributed by atoms with E-state index in [2.05, 4.69) is 10.1 Å².